The number of benzene rings is 2. The number of rotatable bonds is 9. The van der Waals surface area contributed by atoms with Gasteiger partial charge >= 0.3 is 0 Å². The van der Waals surface area contributed by atoms with Gasteiger partial charge in [0.1, 0.15) is 23.9 Å². The molecule has 0 radical (unpaired) electrons. The van der Waals surface area contributed by atoms with Crippen molar-refractivity contribution in [2.45, 2.75) is 38.1 Å². The molecule has 1 fully saturated rings. The molecule has 2 amide bonds. The topological polar surface area (TPSA) is 89.4 Å². The predicted molar refractivity (Wildman–Crippen MR) is 134 cm³/mol. The van der Waals surface area contributed by atoms with Gasteiger partial charge in [-0.05, 0) is 54.1 Å². The summed E-state index contributed by atoms with van der Waals surface area (Å²) in [6.45, 7) is 1.10. The average Bonchev–Trinajstić information content (AvgIpc) is 3.67. The number of hydrogen-bond donors (Lipinski definition) is 1. The van der Waals surface area contributed by atoms with E-state index in [0.29, 0.717) is 24.2 Å². The number of ether oxygens (including phenoxy) is 1. The number of thiophene rings is 1. The molecular formula is C26H26FN5O3S. The zero-order chi connectivity index (χ0) is 24.9. The number of para-hydroxylation sites is 1. The lowest BCUT2D eigenvalue weighted by atomic mass is 10.1. The van der Waals surface area contributed by atoms with Crippen LogP contribution in [0.25, 0.3) is 11.0 Å². The van der Waals surface area contributed by atoms with Gasteiger partial charge in [-0.1, -0.05) is 35.5 Å². The molecule has 0 aliphatic carbocycles. The molecule has 5 rings (SSSR count). The molecule has 3 heterocycles. The SMILES string of the molecule is O=C(NC[C@@H]1CCCO1)[C@@H](c1cccs1)N(Cc1ccc(F)cc1)C(=O)Cn1nnc2ccccc21. The van der Waals surface area contributed by atoms with E-state index in [1.54, 1.807) is 12.1 Å². The van der Waals surface area contributed by atoms with Crippen molar-refractivity contribution in [2.75, 3.05) is 13.2 Å². The third-order valence-corrected chi connectivity index (χ3v) is 7.12. The lowest BCUT2D eigenvalue weighted by Crippen LogP contribution is -2.45. The summed E-state index contributed by atoms with van der Waals surface area (Å²) in [5.74, 6) is -0.956. The first kappa shape index (κ1) is 24.1. The Morgan fingerprint density at radius 1 is 1.17 bits per heavy atom. The van der Waals surface area contributed by atoms with Crippen LogP contribution in [0.3, 0.4) is 0 Å². The van der Waals surface area contributed by atoms with E-state index < -0.39 is 6.04 Å². The highest BCUT2D eigenvalue weighted by molar-refractivity contribution is 7.10. The van der Waals surface area contributed by atoms with E-state index in [2.05, 4.69) is 15.6 Å². The molecule has 1 saturated heterocycles. The van der Waals surface area contributed by atoms with Gasteiger partial charge in [0.15, 0.2) is 0 Å². The van der Waals surface area contributed by atoms with Crippen molar-refractivity contribution < 1.29 is 18.7 Å². The smallest absolute Gasteiger partial charge is 0.248 e. The zero-order valence-corrected chi connectivity index (χ0v) is 20.4. The maximum Gasteiger partial charge on any atom is 0.248 e. The van der Waals surface area contributed by atoms with Crippen molar-refractivity contribution >= 4 is 34.2 Å². The normalized spacial score (nSPS) is 16.2. The predicted octanol–water partition coefficient (Wildman–Crippen LogP) is 3.70. The summed E-state index contributed by atoms with van der Waals surface area (Å²) >= 11 is 1.41. The van der Waals surface area contributed by atoms with E-state index in [1.165, 1.54) is 33.1 Å². The highest BCUT2D eigenvalue weighted by Crippen LogP contribution is 2.28. The van der Waals surface area contributed by atoms with E-state index in [9.17, 15) is 14.0 Å². The molecule has 2 aromatic carbocycles. The second kappa shape index (κ2) is 11.0. The lowest BCUT2D eigenvalue weighted by Gasteiger charge is -2.31. The Bertz CT molecular complexity index is 1320. The molecule has 0 spiro atoms. The number of nitrogens with one attached hydrogen (secondary N) is 1. The Morgan fingerprint density at radius 2 is 2.00 bits per heavy atom. The van der Waals surface area contributed by atoms with Crippen molar-refractivity contribution in [1.82, 2.24) is 25.2 Å². The highest BCUT2D eigenvalue weighted by atomic mass is 32.1. The van der Waals surface area contributed by atoms with Crippen LogP contribution < -0.4 is 5.32 Å². The van der Waals surface area contributed by atoms with Crippen LogP contribution >= 0.6 is 11.3 Å². The molecule has 1 aliphatic heterocycles. The average molecular weight is 508 g/mol. The Balaban J connectivity index is 1.45. The summed E-state index contributed by atoms with van der Waals surface area (Å²) in [6, 6.07) is 16.2. The van der Waals surface area contributed by atoms with Gasteiger partial charge in [-0.2, -0.15) is 0 Å². The molecule has 36 heavy (non-hydrogen) atoms. The van der Waals surface area contributed by atoms with E-state index in [4.69, 9.17) is 4.74 Å². The number of halogens is 1. The van der Waals surface area contributed by atoms with Gasteiger partial charge < -0.3 is 15.0 Å². The van der Waals surface area contributed by atoms with Gasteiger partial charge in [-0.15, -0.1) is 16.4 Å². The zero-order valence-electron chi connectivity index (χ0n) is 19.5. The lowest BCUT2D eigenvalue weighted by molar-refractivity contribution is -0.142. The molecule has 1 N–H and O–H groups in total. The number of hydrogen-bond acceptors (Lipinski definition) is 6. The number of fused-ring (bicyclic) bond motifs is 1. The Kier molecular flexibility index (Phi) is 7.33. The number of carbonyl (C=O) groups excluding carboxylic acids is 2. The van der Waals surface area contributed by atoms with Crippen molar-refractivity contribution in [2.24, 2.45) is 0 Å². The Morgan fingerprint density at radius 3 is 2.75 bits per heavy atom. The van der Waals surface area contributed by atoms with Crippen LogP contribution in [-0.4, -0.2) is 51.0 Å². The second-order valence-corrected chi connectivity index (χ2v) is 9.66. The Hall–Kier alpha value is -3.63. The van der Waals surface area contributed by atoms with Crippen molar-refractivity contribution in [1.29, 1.82) is 0 Å². The fourth-order valence-electron chi connectivity index (χ4n) is 4.35. The summed E-state index contributed by atoms with van der Waals surface area (Å²) in [5, 5.41) is 13.1. The minimum Gasteiger partial charge on any atom is -0.376 e. The van der Waals surface area contributed by atoms with E-state index in [-0.39, 0.29) is 36.8 Å². The first-order chi connectivity index (χ1) is 17.6. The van der Waals surface area contributed by atoms with Crippen LogP contribution in [0.2, 0.25) is 0 Å². The van der Waals surface area contributed by atoms with E-state index in [0.717, 1.165) is 23.2 Å². The molecule has 2 atom stereocenters. The first-order valence-electron chi connectivity index (χ1n) is 11.8. The maximum atomic E-state index is 13.8. The maximum absolute atomic E-state index is 13.8. The fraction of sp³-hybridized carbons (Fsp3) is 0.308. The largest absolute Gasteiger partial charge is 0.376 e. The number of amides is 2. The van der Waals surface area contributed by atoms with E-state index >= 15 is 0 Å². The number of carbonyl (C=O) groups is 2. The standard InChI is InChI=1S/C26H26FN5O3S/c27-19-11-9-18(10-12-19)16-31(24(33)17-32-22-7-2-1-6-21(22)29-30-32)25(23-8-4-14-36-23)26(34)28-15-20-5-3-13-35-20/h1-2,4,6-12,14,20,25H,3,5,13,15-17H2,(H,28,34)/t20-,25+/m0/s1. The van der Waals surface area contributed by atoms with Crippen LogP contribution in [0.15, 0.2) is 66.0 Å². The molecule has 186 valence electrons. The fourth-order valence-corrected chi connectivity index (χ4v) is 5.19. The molecule has 10 heteroatoms. The molecule has 0 unspecified atom stereocenters. The van der Waals surface area contributed by atoms with Gasteiger partial charge in [-0.3, -0.25) is 9.59 Å². The van der Waals surface area contributed by atoms with Crippen LogP contribution in [0, 0.1) is 5.82 Å². The van der Waals surface area contributed by atoms with Gasteiger partial charge in [0, 0.05) is 24.6 Å². The van der Waals surface area contributed by atoms with Crippen molar-refractivity contribution in [3.05, 3.63) is 82.3 Å². The monoisotopic (exact) mass is 507 g/mol. The molecular weight excluding hydrogens is 481 g/mol. The third-order valence-electron chi connectivity index (χ3n) is 6.19. The molecule has 4 aromatic rings. The van der Waals surface area contributed by atoms with Gasteiger partial charge in [0.2, 0.25) is 11.8 Å². The summed E-state index contributed by atoms with van der Waals surface area (Å²) in [7, 11) is 0. The van der Waals surface area contributed by atoms with Crippen LogP contribution in [0.5, 0.6) is 0 Å². The van der Waals surface area contributed by atoms with Gasteiger partial charge in [-0.25, -0.2) is 9.07 Å². The second-order valence-electron chi connectivity index (χ2n) is 8.68. The molecule has 8 nitrogen and oxygen atoms in total. The van der Waals surface area contributed by atoms with Crippen LogP contribution in [0.4, 0.5) is 4.39 Å². The highest BCUT2D eigenvalue weighted by Gasteiger charge is 2.33. The summed E-state index contributed by atoms with van der Waals surface area (Å²) in [4.78, 5) is 29.6. The minimum absolute atomic E-state index is 0.0271. The summed E-state index contributed by atoms with van der Waals surface area (Å²) in [6.07, 6.45) is 1.83. The minimum atomic E-state index is -0.862. The van der Waals surface area contributed by atoms with Gasteiger partial charge in [0.05, 0.1) is 11.6 Å². The summed E-state index contributed by atoms with van der Waals surface area (Å²) in [5.41, 5.74) is 2.12. The van der Waals surface area contributed by atoms with Crippen molar-refractivity contribution in [3.63, 3.8) is 0 Å². The van der Waals surface area contributed by atoms with Gasteiger partial charge in [0.25, 0.3) is 0 Å². The van der Waals surface area contributed by atoms with Crippen LogP contribution in [-0.2, 0) is 27.4 Å². The molecule has 1 aliphatic rings. The quantitative estimate of drug-likeness (QED) is 0.373. The molecule has 2 aromatic heterocycles. The first-order valence-corrected chi connectivity index (χ1v) is 12.7. The number of aromatic nitrogens is 3. The molecule has 0 bridgehead atoms. The Labute approximate surface area is 211 Å². The summed E-state index contributed by atoms with van der Waals surface area (Å²) < 4.78 is 20.8. The third kappa shape index (κ3) is 5.44. The number of nitrogens with zero attached hydrogens (tertiary/aromatic N) is 4. The van der Waals surface area contributed by atoms with Crippen LogP contribution in [0.1, 0.15) is 29.3 Å². The van der Waals surface area contributed by atoms with Crippen molar-refractivity contribution in [3.8, 4) is 0 Å². The van der Waals surface area contributed by atoms with E-state index in [1.807, 2.05) is 41.8 Å². The molecule has 0 saturated carbocycles.